The van der Waals surface area contributed by atoms with Gasteiger partial charge in [-0.15, -0.1) is 0 Å². The van der Waals surface area contributed by atoms with Crippen LogP contribution in [-0.4, -0.2) is 26.2 Å². The topological polar surface area (TPSA) is 99.4 Å². The molecule has 2 aromatic rings. The standard InChI is InChI=1S/C33H54O6P2/c1-28(2,3)22-15-17-24(26(19-22)30(7,8)9)33(39-41(36)37,32(13,14)21-38-40(34)35)25-18-16-23(29(4,5)6)20-27(25)31(10,11)12/h15-20,34-37H,21H2,1-14H3. The Morgan fingerprint density at radius 3 is 1.15 bits per heavy atom. The van der Waals surface area contributed by atoms with Gasteiger partial charge in [0.05, 0.1) is 6.61 Å². The normalized spacial score (nSPS) is 14.3. The summed E-state index contributed by atoms with van der Waals surface area (Å²) in [5.74, 6) is 0. The van der Waals surface area contributed by atoms with Crippen molar-refractivity contribution in [1.29, 1.82) is 0 Å². The van der Waals surface area contributed by atoms with Gasteiger partial charge in [-0.2, -0.15) is 0 Å². The van der Waals surface area contributed by atoms with E-state index < -0.39 is 28.2 Å². The zero-order chi connectivity index (χ0) is 32.0. The Morgan fingerprint density at radius 1 is 0.512 bits per heavy atom. The van der Waals surface area contributed by atoms with Crippen LogP contribution in [0, 0.1) is 5.41 Å². The molecule has 41 heavy (non-hydrogen) atoms. The number of benzene rings is 2. The molecule has 0 fully saturated rings. The van der Waals surface area contributed by atoms with Crippen LogP contribution < -0.4 is 0 Å². The fraction of sp³-hybridized carbons (Fsp3) is 0.636. The fourth-order valence-electron chi connectivity index (χ4n) is 5.42. The van der Waals surface area contributed by atoms with E-state index in [0.29, 0.717) is 0 Å². The maximum Gasteiger partial charge on any atom is 0.328 e. The smallest absolute Gasteiger partial charge is 0.328 e. The van der Waals surface area contributed by atoms with Gasteiger partial charge in [-0.25, -0.2) is 0 Å². The van der Waals surface area contributed by atoms with Gasteiger partial charge >= 0.3 is 17.2 Å². The van der Waals surface area contributed by atoms with Gasteiger partial charge in [0.15, 0.2) is 0 Å². The molecule has 4 N–H and O–H groups in total. The van der Waals surface area contributed by atoms with Gasteiger partial charge in [-0.05, 0) is 55.0 Å². The van der Waals surface area contributed by atoms with Crippen LogP contribution >= 0.6 is 17.2 Å². The summed E-state index contributed by atoms with van der Waals surface area (Å²) in [4.78, 5) is 40.9. The van der Waals surface area contributed by atoms with Crippen LogP contribution in [0.3, 0.4) is 0 Å². The van der Waals surface area contributed by atoms with Gasteiger partial charge in [0.25, 0.3) is 0 Å². The van der Waals surface area contributed by atoms with Crippen LogP contribution in [0.25, 0.3) is 0 Å². The van der Waals surface area contributed by atoms with Crippen LogP contribution in [0.2, 0.25) is 0 Å². The Morgan fingerprint density at radius 2 is 0.878 bits per heavy atom. The summed E-state index contributed by atoms with van der Waals surface area (Å²) in [5.41, 5.74) is 2.53. The minimum absolute atomic E-state index is 0.107. The molecular weight excluding hydrogens is 554 g/mol. The molecule has 232 valence electrons. The second kappa shape index (κ2) is 12.2. The molecule has 0 radical (unpaired) electrons. The lowest BCUT2D eigenvalue weighted by molar-refractivity contribution is -0.0486. The fourth-order valence-corrected chi connectivity index (χ4v) is 6.54. The van der Waals surface area contributed by atoms with Crippen molar-refractivity contribution in [3.05, 3.63) is 69.8 Å². The third-order valence-corrected chi connectivity index (χ3v) is 8.66. The van der Waals surface area contributed by atoms with Crippen molar-refractivity contribution in [2.75, 3.05) is 6.61 Å². The summed E-state index contributed by atoms with van der Waals surface area (Å²) in [6, 6.07) is 12.7. The van der Waals surface area contributed by atoms with Crippen LogP contribution in [0.4, 0.5) is 0 Å². The van der Waals surface area contributed by atoms with E-state index in [2.05, 4.69) is 107 Å². The Kier molecular flexibility index (Phi) is 10.8. The maximum absolute atomic E-state index is 10.7. The van der Waals surface area contributed by atoms with Crippen molar-refractivity contribution in [1.82, 2.24) is 0 Å². The first-order chi connectivity index (χ1) is 18.2. The minimum Gasteiger partial charge on any atom is -0.328 e. The number of hydrogen-bond donors (Lipinski definition) is 4. The molecule has 0 aliphatic heterocycles. The van der Waals surface area contributed by atoms with E-state index in [9.17, 15) is 19.6 Å². The molecule has 0 aromatic heterocycles. The van der Waals surface area contributed by atoms with Crippen molar-refractivity contribution in [3.8, 4) is 0 Å². The monoisotopic (exact) mass is 608 g/mol. The second-order valence-electron chi connectivity index (χ2n) is 16.0. The quantitative estimate of drug-likeness (QED) is 0.224. The second-order valence-corrected chi connectivity index (χ2v) is 17.4. The molecule has 0 heterocycles. The SMILES string of the molecule is CC(C)(C)c1ccc(C(OP(O)O)(c2ccc(C(C)(C)C)cc2C(C)(C)C)C(C)(C)COP(O)O)c(C(C)(C)C)c1. The van der Waals surface area contributed by atoms with E-state index in [-0.39, 0.29) is 28.3 Å². The molecule has 0 aliphatic carbocycles. The van der Waals surface area contributed by atoms with Crippen molar-refractivity contribution in [3.63, 3.8) is 0 Å². The molecule has 0 saturated carbocycles. The zero-order valence-corrected chi connectivity index (χ0v) is 29.5. The third kappa shape index (κ3) is 8.16. The average Bonchev–Trinajstić information content (AvgIpc) is 2.78. The van der Waals surface area contributed by atoms with Gasteiger partial charge in [0, 0.05) is 5.41 Å². The molecule has 2 aromatic carbocycles. The Bertz CT molecular complexity index is 1120. The van der Waals surface area contributed by atoms with E-state index in [1.165, 1.54) is 0 Å². The van der Waals surface area contributed by atoms with Crippen molar-refractivity contribution in [2.45, 2.75) is 124 Å². The highest BCUT2D eigenvalue weighted by Gasteiger charge is 2.55. The average molecular weight is 609 g/mol. The van der Waals surface area contributed by atoms with Crippen LogP contribution in [0.5, 0.6) is 0 Å². The van der Waals surface area contributed by atoms with Crippen molar-refractivity contribution < 1.29 is 28.6 Å². The Labute approximate surface area is 251 Å². The highest BCUT2D eigenvalue weighted by atomic mass is 31.2. The number of rotatable bonds is 8. The summed E-state index contributed by atoms with van der Waals surface area (Å²) in [5, 5.41) is 0. The molecule has 0 atom stereocenters. The summed E-state index contributed by atoms with van der Waals surface area (Å²) in [6.07, 6.45) is 0. The van der Waals surface area contributed by atoms with Crippen LogP contribution in [0.15, 0.2) is 36.4 Å². The summed E-state index contributed by atoms with van der Waals surface area (Å²) in [6.45, 7) is 29.6. The predicted octanol–water partition coefficient (Wildman–Crippen LogP) is 8.60. The molecule has 0 aliphatic rings. The van der Waals surface area contributed by atoms with Crippen molar-refractivity contribution in [2.24, 2.45) is 5.41 Å². The van der Waals surface area contributed by atoms with E-state index in [1.807, 2.05) is 26.0 Å². The lowest BCUT2D eigenvalue weighted by Crippen LogP contribution is -2.49. The lowest BCUT2D eigenvalue weighted by atomic mass is 9.61. The molecule has 8 heteroatoms. The molecule has 0 unspecified atom stereocenters. The van der Waals surface area contributed by atoms with Gasteiger partial charge in [-0.1, -0.05) is 133 Å². The van der Waals surface area contributed by atoms with Gasteiger partial charge in [-0.3, -0.25) is 4.52 Å². The van der Waals surface area contributed by atoms with Gasteiger partial charge < -0.3 is 24.1 Å². The van der Waals surface area contributed by atoms with Crippen LogP contribution in [-0.2, 0) is 36.3 Å². The molecule has 0 amide bonds. The van der Waals surface area contributed by atoms with E-state index in [0.717, 1.165) is 33.4 Å². The summed E-state index contributed by atoms with van der Waals surface area (Å²) in [7, 11) is -5.51. The van der Waals surface area contributed by atoms with E-state index >= 15 is 0 Å². The molecule has 2 rings (SSSR count). The Balaban J connectivity index is 3.28. The third-order valence-electron chi connectivity index (χ3n) is 7.86. The van der Waals surface area contributed by atoms with E-state index in [4.69, 9.17) is 9.05 Å². The molecule has 0 saturated heterocycles. The molecule has 0 spiro atoms. The largest absolute Gasteiger partial charge is 0.328 e. The highest BCUT2D eigenvalue weighted by Crippen LogP contribution is 2.58. The predicted molar refractivity (Wildman–Crippen MR) is 172 cm³/mol. The number of hydrogen-bond acceptors (Lipinski definition) is 6. The lowest BCUT2D eigenvalue weighted by Gasteiger charge is -2.50. The van der Waals surface area contributed by atoms with E-state index in [1.54, 1.807) is 0 Å². The maximum atomic E-state index is 10.7. The molecule has 6 nitrogen and oxygen atoms in total. The zero-order valence-electron chi connectivity index (χ0n) is 27.7. The first-order valence-electron chi connectivity index (χ1n) is 14.2. The van der Waals surface area contributed by atoms with Crippen molar-refractivity contribution >= 4 is 17.2 Å². The minimum atomic E-state index is -2.86. The van der Waals surface area contributed by atoms with Gasteiger partial charge in [0.1, 0.15) is 5.60 Å². The van der Waals surface area contributed by atoms with Crippen LogP contribution in [0.1, 0.15) is 130 Å². The Hall–Kier alpha value is -0.940. The highest BCUT2D eigenvalue weighted by molar-refractivity contribution is 7.39. The van der Waals surface area contributed by atoms with Gasteiger partial charge in [0.2, 0.25) is 0 Å². The molecule has 0 bridgehead atoms. The first-order valence-corrected chi connectivity index (χ1v) is 16.6. The first kappa shape index (κ1) is 36.3. The summed E-state index contributed by atoms with van der Waals surface area (Å²) >= 11 is 0. The molecular formula is C33H54O6P2. The summed E-state index contributed by atoms with van der Waals surface area (Å²) < 4.78 is 12.0.